The molecule has 0 saturated carbocycles. The quantitative estimate of drug-likeness (QED) is 0.811. The van der Waals surface area contributed by atoms with Crippen LogP contribution in [0.25, 0.3) is 0 Å². The van der Waals surface area contributed by atoms with Crippen LogP contribution in [-0.4, -0.2) is 60.4 Å². The van der Waals surface area contributed by atoms with Crippen LogP contribution in [0.4, 0.5) is 0 Å². The van der Waals surface area contributed by atoms with Gasteiger partial charge in [0.15, 0.2) is 0 Å². The summed E-state index contributed by atoms with van der Waals surface area (Å²) in [6.07, 6.45) is 3.40. The predicted octanol–water partition coefficient (Wildman–Crippen LogP) is 0.631. The Morgan fingerprint density at radius 2 is 1.84 bits per heavy atom. The SMILES string of the molecule is CCC(=O)N1CCCCC1C(=O)N1CCNCC1.Cl. The van der Waals surface area contributed by atoms with Gasteiger partial charge in [0.1, 0.15) is 6.04 Å². The van der Waals surface area contributed by atoms with E-state index < -0.39 is 0 Å². The third-order valence-electron chi connectivity index (χ3n) is 3.84. The second-order valence-corrected chi connectivity index (χ2v) is 5.03. The average Bonchev–Trinajstić information content (AvgIpc) is 2.46. The lowest BCUT2D eigenvalue weighted by Crippen LogP contribution is -2.56. The normalized spacial score (nSPS) is 23.7. The van der Waals surface area contributed by atoms with Gasteiger partial charge in [-0.05, 0) is 19.3 Å². The van der Waals surface area contributed by atoms with Crippen molar-refractivity contribution in [1.82, 2.24) is 15.1 Å². The summed E-state index contributed by atoms with van der Waals surface area (Å²) in [5.41, 5.74) is 0. The van der Waals surface area contributed by atoms with E-state index in [-0.39, 0.29) is 30.3 Å². The molecule has 6 heteroatoms. The number of piperazine rings is 1. The maximum absolute atomic E-state index is 12.5. The van der Waals surface area contributed by atoms with Gasteiger partial charge in [-0.15, -0.1) is 12.4 Å². The molecule has 19 heavy (non-hydrogen) atoms. The minimum Gasteiger partial charge on any atom is -0.338 e. The third kappa shape index (κ3) is 3.83. The maximum Gasteiger partial charge on any atom is 0.245 e. The summed E-state index contributed by atoms with van der Waals surface area (Å²) in [5, 5.41) is 3.24. The molecule has 2 rings (SSSR count). The number of carbonyl (C=O) groups excluding carboxylic acids is 2. The first-order valence-electron chi connectivity index (χ1n) is 7.03. The Balaban J connectivity index is 0.00000180. The Morgan fingerprint density at radius 3 is 2.47 bits per heavy atom. The first kappa shape index (κ1) is 16.2. The summed E-state index contributed by atoms with van der Waals surface area (Å²) >= 11 is 0. The largest absolute Gasteiger partial charge is 0.338 e. The summed E-state index contributed by atoms with van der Waals surface area (Å²) in [6.45, 7) is 5.87. The smallest absolute Gasteiger partial charge is 0.245 e. The summed E-state index contributed by atoms with van der Waals surface area (Å²) < 4.78 is 0. The molecule has 1 atom stereocenters. The number of piperidine rings is 1. The Kier molecular flexibility index (Phi) is 6.58. The van der Waals surface area contributed by atoms with Crippen LogP contribution in [0.15, 0.2) is 0 Å². The molecule has 2 aliphatic rings. The van der Waals surface area contributed by atoms with E-state index in [0.29, 0.717) is 6.42 Å². The fourth-order valence-corrected chi connectivity index (χ4v) is 2.79. The Labute approximate surface area is 121 Å². The lowest BCUT2D eigenvalue weighted by atomic mass is 10.00. The van der Waals surface area contributed by atoms with Crippen molar-refractivity contribution in [2.75, 3.05) is 32.7 Å². The fourth-order valence-electron chi connectivity index (χ4n) is 2.79. The topological polar surface area (TPSA) is 52.7 Å². The highest BCUT2D eigenvalue weighted by Gasteiger charge is 2.34. The van der Waals surface area contributed by atoms with Crippen molar-refractivity contribution in [1.29, 1.82) is 0 Å². The van der Waals surface area contributed by atoms with Crippen LogP contribution in [0.3, 0.4) is 0 Å². The molecule has 0 bridgehead atoms. The van der Waals surface area contributed by atoms with Crippen molar-refractivity contribution in [2.45, 2.75) is 38.6 Å². The molecule has 0 radical (unpaired) electrons. The lowest BCUT2D eigenvalue weighted by Gasteiger charge is -2.38. The standard InChI is InChI=1S/C13H23N3O2.ClH/c1-2-12(17)16-8-4-3-5-11(16)13(18)15-9-6-14-7-10-15;/h11,14H,2-10H2,1H3;1H. The molecule has 1 N–H and O–H groups in total. The number of halogens is 1. The van der Waals surface area contributed by atoms with E-state index in [0.717, 1.165) is 52.0 Å². The van der Waals surface area contributed by atoms with Gasteiger partial charge in [-0.1, -0.05) is 6.92 Å². The van der Waals surface area contributed by atoms with Gasteiger partial charge in [0.25, 0.3) is 0 Å². The molecule has 0 aromatic rings. The lowest BCUT2D eigenvalue weighted by molar-refractivity contribution is -0.147. The second-order valence-electron chi connectivity index (χ2n) is 5.03. The molecule has 0 aromatic carbocycles. The van der Waals surface area contributed by atoms with Gasteiger partial charge in [-0.2, -0.15) is 0 Å². The molecular formula is C13H24ClN3O2. The predicted molar refractivity (Wildman–Crippen MR) is 76.3 cm³/mol. The van der Waals surface area contributed by atoms with E-state index in [1.807, 2.05) is 11.8 Å². The number of hydrogen-bond acceptors (Lipinski definition) is 3. The zero-order valence-electron chi connectivity index (χ0n) is 11.6. The molecule has 5 nitrogen and oxygen atoms in total. The molecule has 0 spiro atoms. The van der Waals surface area contributed by atoms with Gasteiger partial charge in [-0.25, -0.2) is 0 Å². The number of rotatable bonds is 2. The molecule has 2 saturated heterocycles. The second kappa shape index (κ2) is 7.70. The average molecular weight is 290 g/mol. The van der Waals surface area contributed by atoms with Crippen LogP contribution in [-0.2, 0) is 9.59 Å². The minimum absolute atomic E-state index is 0. The number of likely N-dealkylation sites (tertiary alicyclic amines) is 1. The summed E-state index contributed by atoms with van der Waals surface area (Å²) in [5.74, 6) is 0.265. The van der Waals surface area contributed by atoms with Crippen molar-refractivity contribution in [3.05, 3.63) is 0 Å². The molecule has 0 aromatic heterocycles. The van der Waals surface area contributed by atoms with E-state index in [4.69, 9.17) is 0 Å². The zero-order chi connectivity index (χ0) is 13.0. The Bertz CT molecular complexity index is 319. The van der Waals surface area contributed by atoms with E-state index in [2.05, 4.69) is 5.32 Å². The highest BCUT2D eigenvalue weighted by atomic mass is 35.5. The molecule has 2 fully saturated rings. The van der Waals surface area contributed by atoms with E-state index >= 15 is 0 Å². The van der Waals surface area contributed by atoms with Crippen LogP contribution >= 0.6 is 12.4 Å². The Morgan fingerprint density at radius 1 is 1.16 bits per heavy atom. The van der Waals surface area contributed by atoms with Crippen molar-refractivity contribution in [3.8, 4) is 0 Å². The highest BCUT2D eigenvalue weighted by Crippen LogP contribution is 2.20. The van der Waals surface area contributed by atoms with Gasteiger partial charge in [0, 0.05) is 39.1 Å². The van der Waals surface area contributed by atoms with Gasteiger partial charge < -0.3 is 15.1 Å². The number of nitrogens with zero attached hydrogens (tertiary/aromatic N) is 2. The maximum atomic E-state index is 12.5. The minimum atomic E-state index is -0.204. The molecule has 2 aliphatic heterocycles. The first-order valence-corrected chi connectivity index (χ1v) is 7.03. The zero-order valence-corrected chi connectivity index (χ0v) is 12.4. The van der Waals surface area contributed by atoms with Crippen LogP contribution in [0.2, 0.25) is 0 Å². The number of carbonyl (C=O) groups is 2. The van der Waals surface area contributed by atoms with Crippen LogP contribution < -0.4 is 5.32 Å². The first-order chi connectivity index (χ1) is 8.74. The van der Waals surface area contributed by atoms with E-state index in [9.17, 15) is 9.59 Å². The number of amides is 2. The molecule has 2 amide bonds. The van der Waals surface area contributed by atoms with Gasteiger partial charge in [-0.3, -0.25) is 9.59 Å². The van der Waals surface area contributed by atoms with Crippen molar-refractivity contribution < 1.29 is 9.59 Å². The fraction of sp³-hybridized carbons (Fsp3) is 0.846. The van der Waals surface area contributed by atoms with Crippen molar-refractivity contribution in [2.24, 2.45) is 0 Å². The highest BCUT2D eigenvalue weighted by molar-refractivity contribution is 5.88. The number of hydrogen-bond donors (Lipinski definition) is 1. The molecular weight excluding hydrogens is 266 g/mol. The molecule has 1 unspecified atom stereocenters. The van der Waals surface area contributed by atoms with Crippen LogP contribution in [0.5, 0.6) is 0 Å². The van der Waals surface area contributed by atoms with E-state index in [1.165, 1.54) is 0 Å². The van der Waals surface area contributed by atoms with Crippen LogP contribution in [0, 0.1) is 0 Å². The van der Waals surface area contributed by atoms with Gasteiger partial charge in [0.2, 0.25) is 11.8 Å². The number of nitrogens with one attached hydrogen (secondary N) is 1. The van der Waals surface area contributed by atoms with Gasteiger partial charge >= 0.3 is 0 Å². The molecule has 0 aliphatic carbocycles. The van der Waals surface area contributed by atoms with E-state index in [1.54, 1.807) is 4.90 Å². The monoisotopic (exact) mass is 289 g/mol. The molecule has 110 valence electrons. The Hall–Kier alpha value is -0.810. The van der Waals surface area contributed by atoms with Crippen LogP contribution in [0.1, 0.15) is 32.6 Å². The third-order valence-corrected chi connectivity index (χ3v) is 3.84. The summed E-state index contributed by atoms with van der Waals surface area (Å²) in [7, 11) is 0. The van der Waals surface area contributed by atoms with Crippen molar-refractivity contribution in [3.63, 3.8) is 0 Å². The molecule has 2 heterocycles. The van der Waals surface area contributed by atoms with Gasteiger partial charge in [0.05, 0.1) is 0 Å². The van der Waals surface area contributed by atoms with Crippen molar-refractivity contribution >= 4 is 24.2 Å². The summed E-state index contributed by atoms with van der Waals surface area (Å²) in [4.78, 5) is 28.1. The summed E-state index contributed by atoms with van der Waals surface area (Å²) in [6, 6.07) is -0.204.